The maximum Gasteiger partial charge on any atom is 0.343 e. The average Bonchev–Trinajstić information content (AvgIpc) is 2.76. The standard InChI is InChI=1S/C14H18N4O2S/c1-2-3-4-10-5-7-11(8-6-10)15-13(21)17-18-9-12(19)16-14(18)20/h5-8H,2-4,9H2,1H3,(H2,15,17,21)(H,16,19,20). The number of urea groups is 1. The van der Waals surface area contributed by atoms with E-state index in [1.165, 1.54) is 18.4 Å². The van der Waals surface area contributed by atoms with Crippen molar-refractivity contribution in [2.24, 2.45) is 0 Å². The molecule has 1 aliphatic heterocycles. The van der Waals surface area contributed by atoms with E-state index >= 15 is 0 Å². The van der Waals surface area contributed by atoms with Crippen molar-refractivity contribution >= 4 is 35.0 Å². The number of rotatable bonds is 5. The van der Waals surface area contributed by atoms with Crippen molar-refractivity contribution in [3.63, 3.8) is 0 Å². The molecule has 0 saturated carbocycles. The van der Waals surface area contributed by atoms with E-state index in [0.29, 0.717) is 0 Å². The first-order valence-electron chi connectivity index (χ1n) is 6.86. The minimum absolute atomic E-state index is 0.0450. The topological polar surface area (TPSA) is 73.5 Å². The molecule has 3 amide bonds. The van der Waals surface area contributed by atoms with Crippen LogP contribution in [0.2, 0.25) is 0 Å². The number of hydrogen-bond acceptors (Lipinski definition) is 3. The Morgan fingerprint density at radius 3 is 2.62 bits per heavy atom. The number of aryl methyl sites for hydroxylation is 1. The monoisotopic (exact) mass is 306 g/mol. The lowest BCUT2D eigenvalue weighted by Crippen LogP contribution is -2.45. The molecule has 21 heavy (non-hydrogen) atoms. The van der Waals surface area contributed by atoms with Crippen molar-refractivity contribution in [3.8, 4) is 0 Å². The number of nitrogens with zero attached hydrogens (tertiary/aromatic N) is 1. The first-order chi connectivity index (χ1) is 10.1. The summed E-state index contributed by atoms with van der Waals surface area (Å²) in [4.78, 5) is 22.4. The number of carbonyl (C=O) groups is 2. The number of nitrogens with one attached hydrogen (secondary N) is 3. The number of hydrogen-bond donors (Lipinski definition) is 3. The number of unbranched alkanes of at least 4 members (excludes halogenated alkanes) is 1. The fraction of sp³-hybridized carbons (Fsp3) is 0.357. The van der Waals surface area contributed by atoms with Gasteiger partial charge >= 0.3 is 6.03 Å². The molecule has 112 valence electrons. The van der Waals surface area contributed by atoms with Gasteiger partial charge in [-0.25, -0.2) is 9.80 Å². The summed E-state index contributed by atoms with van der Waals surface area (Å²) < 4.78 is 0. The Morgan fingerprint density at radius 1 is 1.33 bits per heavy atom. The zero-order valence-corrected chi connectivity index (χ0v) is 12.6. The zero-order valence-electron chi connectivity index (χ0n) is 11.8. The Balaban J connectivity index is 1.85. The summed E-state index contributed by atoms with van der Waals surface area (Å²) in [5.41, 5.74) is 4.79. The summed E-state index contributed by atoms with van der Waals surface area (Å²) in [6, 6.07) is 7.47. The van der Waals surface area contributed by atoms with Gasteiger partial charge in [0.15, 0.2) is 5.11 Å². The summed E-state index contributed by atoms with van der Waals surface area (Å²) in [5, 5.41) is 6.53. The van der Waals surface area contributed by atoms with Crippen molar-refractivity contribution < 1.29 is 9.59 Å². The fourth-order valence-corrected chi connectivity index (χ4v) is 2.18. The van der Waals surface area contributed by atoms with Gasteiger partial charge in [0.2, 0.25) is 5.91 Å². The van der Waals surface area contributed by atoms with Crippen LogP contribution in [0.1, 0.15) is 25.3 Å². The highest BCUT2D eigenvalue weighted by Gasteiger charge is 2.27. The van der Waals surface area contributed by atoms with Crippen LogP contribution in [-0.4, -0.2) is 28.6 Å². The number of benzene rings is 1. The van der Waals surface area contributed by atoms with Crippen LogP contribution in [0.5, 0.6) is 0 Å². The second-order valence-corrected chi connectivity index (χ2v) is 5.21. The predicted molar refractivity (Wildman–Crippen MR) is 84.7 cm³/mol. The third-order valence-corrected chi connectivity index (χ3v) is 3.25. The molecular weight excluding hydrogens is 288 g/mol. The van der Waals surface area contributed by atoms with Crippen molar-refractivity contribution in [1.29, 1.82) is 0 Å². The highest BCUT2D eigenvalue weighted by atomic mass is 32.1. The van der Waals surface area contributed by atoms with Gasteiger partial charge in [-0.15, -0.1) is 0 Å². The lowest BCUT2D eigenvalue weighted by atomic mass is 10.1. The molecule has 1 aliphatic rings. The SMILES string of the molecule is CCCCc1ccc(NC(=S)NN2CC(=O)NC2=O)cc1. The highest BCUT2D eigenvalue weighted by Crippen LogP contribution is 2.11. The Labute approximate surface area is 128 Å². The van der Waals surface area contributed by atoms with Gasteiger partial charge in [0, 0.05) is 5.69 Å². The average molecular weight is 306 g/mol. The van der Waals surface area contributed by atoms with Gasteiger partial charge in [-0.1, -0.05) is 25.5 Å². The van der Waals surface area contributed by atoms with E-state index in [-0.39, 0.29) is 17.6 Å². The van der Waals surface area contributed by atoms with Gasteiger partial charge in [0.05, 0.1) is 0 Å². The third kappa shape index (κ3) is 4.42. The Bertz CT molecular complexity index is 544. The van der Waals surface area contributed by atoms with Gasteiger partial charge in [-0.2, -0.15) is 0 Å². The maximum atomic E-state index is 11.4. The van der Waals surface area contributed by atoms with Crippen molar-refractivity contribution in [1.82, 2.24) is 15.8 Å². The van der Waals surface area contributed by atoms with Crippen LogP contribution >= 0.6 is 12.2 Å². The maximum absolute atomic E-state index is 11.4. The molecule has 1 heterocycles. The van der Waals surface area contributed by atoms with Crippen molar-refractivity contribution in [2.45, 2.75) is 26.2 Å². The number of amides is 3. The van der Waals surface area contributed by atoms with Gasteiger partial charge < -0.3 is 5.32 Å². The minimum Gasteiger partial charge on any atom is -0.331 e. The fourth-order valence-electron chi connectivity index (χ4n) is 1.95. The lowest BCUT2D eigenvalue weighted by Gasteiger charge is -2.17. The van der Waals surface area contributed by atoms with E-state index < -0.39 is 6.03 Å². The summed E-state index contributed by atoms with van der Waals surface area (Å²) in [6.07, 6.45) is 3.41. The lowest BCUT2D eigenvalue weighted by molar-refractivity contribution is -0.118. The van der Waals surface area contributed by atoms with Crippen LogP contribution in [0, 0.1) is 0 Å². The zero-order chi connectivity index (χ0) is 15.2. The van der Waals surface area contributed by atoms with Crippen LogP contribution in [0.4, 0.5) is 10.5 Å². The largest absolute Gasteiger partial charge is 0.343 e. The van der Waals surface area contributed by atoms with E-state index in [0.717, 1.165) is 17.1 Å². The summed E-state index contributed by atoms with van der Waals surface area (Å²) in [7, 11) is 0. The van der Waals surface area contributed by atoms with Crippen LogP contribution in [0.25, 0.3) is 0 Å². The minimum atomic E-state index is -0.501. The number of hydrazine groups is 1. The third-order valence-electron chi connectivity index (χ3n) is 3.06. The normalized spacial score (nSPS) is 14.0. The molecule has 1 aromatic rings. The van der Waals surface area contributed by atoms with Crippen LogP contribution in [0.3, 0.4) is 0 Å². The number of anilines is 1. The molecule has 1 fully saturated rings. The molecule has 6 nitrogen and oxygen atoms in total. The summed E-state index contributed by atoms with van der Waals surface area (Å²) >= 11 is 5.11. The van der Waals surface area contributed by atoms with E-state index in [9.17, 15) is 9.59 Å². The predicted octanol–water partition coefficient (Wildman–Crippen LogP) is 1.78. The summed E-state index contributed by atoms with van der Waals surface area (Å²) in [5.74, 6) is -0.351. The molecule has 7 heteroatoms. The molecule has 0 radical (unpaired) electrons. The van der Waals surface area contributed by atoms with Crippen LogP contribution < -0.4 is 16.1 Å². The smallest absolute Gasteiger partial charge is 0.331 e. The van der Waals surface area contributed by atoms with E-state index in [1.54, 1.807) is 0 Å². The number of thiocarbonyl (C=S) groups is 1. The van der Waals surface area contributed by atoms with Crippen molar-refractivity contribution in [2.75, 3.05) is 11.9 Å². The highest BCUT2D eigenvalue weighted by molar-refractivity contribution is 7.80. The van der Waals surface area contributed by atoms with E-state index in [2.05, 4.69) is 23.0 Å². The first-order valence-corrected chi connectivity index (χ1v) is 7.27. The van der Waals surface area contributed by atoms with Gasteiger partial charge in [-0.05, 0) is 42.8 Å². The number of carbonyl (C=O) groups excluding carboxylic acids is 2. The molecule has 1 saturated heterocycles. The molecular formula is C14H18N4O2S. The Hall–Kier alpha value is -2.15. The number of imide groups is 1. The molecule has 0 unspecified atom stereocenters. The van der Waals surface area contributed by atoms with E-state index in [1.807, 2.05) is 24.3 Å². The molecule has 0 bridgehead atoms. The quantitative estimate of drug-likeness (QED) is 0.571. The molecule has 3 N–H and O–H groups in total. The Morgan fingerprint density at radius 2 is 2.05 bits per heavy atom. The van der Waals surface area contributed by atoms with Gasteiger partial charge in [-0.3, -0.25) is 15.5 Å². The van der Waals surface area contributed by atoms with Gasteiger partial charge in [0.25, 0.3) is 0 Å². The first kappa shape index (κ1) is 15.2. The van der Waals surface area contributed by atoms with Crippen LogP contribution in [-0.2, 0) is 11.2 Å². The van der Waals surface area contributed by atoms with Gasteiger partial charge in [0.1, 0.15) is 6.54 Å². The Kier molecular flexibility index (Phi) is 5.10. The molecule has 0 aliphatic carbocycles. The molecule has 0 atom stereocenters. The second kappa shape index (κ2) is 7.03. The van der Waals surface area contributed by atoms with E-state index in [4.69, 9.17) is 12.2 Å². The summed E-state index contributed by atoms with van der Waals surface area (Å²) in [6.45, 7) is 2.12. The molecule has 0 aromatic heterocycles. The molecule has 2 rings (SSSR count). The van der Waals surface area contributed by atoms with Crippen molar-refractivity contribution in [3.05, 3.63) is 29.8 Å². The molecule has 0 spiro atoms. The molecule has 1 aromatic carbocycles. The van der Waals surface area contributed by atoms with Crippen LogP contribution in [0.15, 0.2) is 24.3 Å². The second-order valence-electron chi connectivity index (χ2n) is 4.81.